The van der Waals surface area contributed by atoms with Crippen molar-refractivity contribution in [3.05, 3.63) is 113 Å². The highest BCUT2D eigenvalue weighted by molar-refractivity contribution is 6.10. The normalized spacial score (nSPS) is 10.6. The monoisotopic (exact) mass is 579 g/mol. The first-order chi connectivity index (χ1) is 20.7. The lowest BCUT2D eigenvalue weighted by atomic mass is 9.95. The maximum atomic E-state index is 13.5. The summed E-state index contributed by atoms with van der Waals surface area (Å²) in [4.78, 5) is 44.3. The largest absolute Gasteiger partial charge is 0.481 e. The number of ether oxygens (including phenoxy) is 2. The van der Waals surface area contributed by atoms with Crippen molar-refractivity contribution in [3.8, 4) is 17.0 Å². The van der Waals surface area contributed by atoms with Crippen LogP contribution in [0, 0.1) is 11.3 Å². The van der Waals surface area contributed by atoms with E-state index in [0.717, 1.165) is 5.56 Å². The van der Waals surface area contributed by atoms with Crippen LogP contribution in [-0.4, -0.2) is 42.3 Å². The predicted molar refractivity (Wildman–Crippen MR) is 164 cm³/mol. The zero-order chi connectivity index (χ0) is 30.9. The molecule has 0 aliphatic rings. The van der Waals surface area contributed by atoms with Gasteiger partial charge in [0.25, 0.3) is 11.8 Å². The topological polar surface area (TPSA) is 156 Å². The summed E-state index contributed by atoms with van der Waals surface area (Å²) in [5, 5.41) is 13.2. The van der Waals surface area contributed by atoms with Gasteiger partial charge in [-0.1, -0.05) is 50.2 Å². The highest BCUT2D eigenvalue weighted by Gasteiger charge is 2.23. The van der Waals surface area contributed by atoms with Crippen LogP contribution in [0.4, 0.5) is 5.69 Å². The molecule has 43 heavy (non-hydrogen) atoms. The molecule has 0 atom stereocenters. The Labute approximate surface area is 249 Å². The van der Waals surface area contributed by atoms with Gasteiger partial charge in [0.15, 0.2) is 0 Å². The molecule has 3 aromatic carbocycles. The summed E-state index contributed by atoms with van der Waals surface area (Å²) in [6.45, 7) is 4.45. The van der Waals surface area contributed by atoms with Gasteiger partial charge in [-0.2, -0.15) is 0 Å². The third-order valence-electron chi connectivity index (χ3n) is 6.42. The average molecular weight is 580 g/mol. The summed E-state index contributed by atoms with van der Waals surface area (Å²) in [6, 6.07) is 23.5. The fraction of sp³-hybridized carbons (Fsp3) is 0.182. The van der Waals surface area contributed by atoms with E-state index < -0.39 is 11.9 Å². The molecule has 5 N–H and O–H groups in total. The van der Waals surface area contributed by atoms with E-state index in [1.165, 1.54) is 13.2 Å². The maximum Gasteiger partial charge on any atom is 0.339 e. The predicted octanol–water partition coefficient (Wildman–Crippen LogP) is 5.04. The number of pyridine rings is 1. The third-order valence-corrected chi connectivity index (χ3v) is 6.42. The molecule has 0 radical (unpaired) electrons. The van der Waals surface area contributed by atoms with Crippen molar-refractivity contribution in [2.45, 2.75) is 20.5 Å². The number of amides is 2. The van der Waals surface area contributed by atoms with Crippen LogP contribution in [0.25, 0.3) is 11.1 Å². The number of aromatic nitrogens is 1. The Morgan fingerprint density at radius 3 is 2.21 bits per heavy atom. The SMILES string of the molecule is COc1ccc(-c2ccc(C(=O)NCC(C)C)cc2C(=O)OCc2ccccc2)c(C(=O)Nc2ccc(C(=N)N)cc2)n1. The zero-order valence-electron chi connectivity index (χ0n) is 24.1. The van der Waals surface area contributed by atoms with E-state index in [-0.39, 0.29) is 47.0 Å². The first-order valence-electron chi connectivity index (χ1n) is 13.6. The molecule has 4 aromatic rings. The second-order valence-electron chi connectivity index (χ2n) is 10.1. The van der Waals surface area contributed by atoms with Crippen LogP contribution < -0.4 is 21.1 Å². The van der Waals surface area contributed by atoms with Gasteiger partial charge in [-0.05, 0) is 59.5 Å². The van der Waals surface area contributed by atoms with Gasteiger partial charge in [0.2, 0.25) is 5.88 Å². The summed E-state index contributed by atoms with van der Waals surface area (Å²) in [6.07, 6.45) is 0. The Morgan fingerprint density at radius 2 is 1.56 bits per heavy atom. The van der Waals surface area contributed by atoms with Crippen LogP contribution in [0.2, 0.25) is 0 Å². The van der Waals surface area contributed by atoms with Crippen molar-refractivity contribution in [3.63, 3.8) is 0 Å². The van der Waals surface area contributed by atoms with E-state index in [2.05, 4.69) is 15.6 Å². The summed E-state index contributed by atoms with van der Waals surface area (Å²) in [7, 11) is 1.43. The Kier molecular flexibility index (Phi) is 9.85. The van der Waals surface area contributed by atoms with Gasteiger partial charge in [-0.3, -0.25) is 15.0 Å². The molecule has 0 unspecified atom stereocenters. The number of anilines is 1. The smallest absolute Gasteiger partial charge is 0.339 e. The minimum absolute atomic E-state index is 0.0101. The fourth-order valence-corrected chi connectivity index (χ4v) is 4.16. The van der Waals surface area contributed by atoms with Crippen molar-refractivity contribution in [2.24, 2.45) is 11.7 Å². The van der Waals surface area contributed by atoms with Crippen LogP contribution >= 0.6 is 0 Å². The Hall–Kier alpha value is -5.51. The van der Waals surface area contributed by atoms with E-state index >= 15 is 0 Å². The molecule has 1 aromatic heterocycles. The number of rotatable bonds is 11. The lowest BCUT2D eigenvalue weighted by Gasteiger charge is -2.16. The second-order valence-corrected chi connectivity index (χ2v) is 10.1. The number of benzene rings is 3. The molecule has 0 bridgehead atoms. The Bertz CT molecular complexity index is 1640. The lowest BCUT2D eigenvalue weighted by molar-refractivity contribution is 0.0473. The molecule has 10 nitrogen and oxygen atoms in total. The first kappa shape index (κ1) is 30.4. The highest BCUT2D eigenvalue weighted by atomic mass is 16.5. The van der Waals surface area contributed by atoms with Gasteiger partial charge < -0.3 is 25.8 Å². The molecule has 0 spiro atoms. The third kappa shape index (κ3) is 7.82. The molecule has 0 aliphatic heterocycles. The summed E-state index contributed by atoms with van der Waals surface area (Å²) in [5.41, 5.74) is 8.33. The number of amidine groups is 1. The molecule has 2 amide bonds. The number of carbonyl (C=O) groups is 3. The van der Waals surface area contributed by atoms with Crippen LogP contribution in [0.1, 0.15) is 56.2 Å². The summed E-state index contributed by atoms with van der Waals surface area (Å²) >= 11 is 0. The minimum atomic E-state index is -0.667. The fourth-order valence-electron chi connectivity index (χ4n) is 4.16. The summed E-state index contributed by atoms with van der Waals surface area (Å²) < 4.78 is 10.9. The zero-order valence-corrected chi connectivity index (χ0v) is 24.1. The number of nitrogens with two attached hydrogens (primary N) is 1. The number of carbonyl (C=O) groups excluding carboxylic acids is 3. The standard InChI is InChI=1S/C33H33N5O5/c1-20(2)18-36-31(39)23-11-14-25(27(17-23)33(41)43-19-21-7-5-4-6-8-21)26-15-16-28(42-3)38-29(26)32(40)37-24-12-9-22(10-13-24)30(34)35/h4-17,20H,18-19H2,1-3H3,(H3,34,35)(H,36,39)(H,37,40). The molecule has 0 fully saturated rings. The van der Waals surface area contributed by atoms with Crippen molar-refractivity contribution in [1.29, 1.82) is 5.41 Å². The van der Waals surface area contributed by atoms with E-state index in [1.54, 1.807) is 48.5 Å². The summed E-state index contributed by atoms with van der Waals surface area (Å²) in [5.74, 6) is -1.23. The van der Waals surface area contributed by atoms with Crippen LogP contribution in [0.3, 0.4) is 0 Å². The number of hydrogen-bond donors (Lipinski definition) is 4. The van der Waals surface area contributed by atoms with E-state index in [1.807, 2.05) is 44.2 Å². The number of methoxy groups -OCH3 is 1. The van der Waals surface area contributed by atoms with Gasteiger partial charge in [0.05, 0.1) is 12.7 Å². The minimum Gasteiger partial charge on any atom is -0.481 e. The number of nitrogens with one attached hydrogen (secondary N) is 3. The maximum absolute atomic E-state index is 13.5. The molecular formula is C33H33N5O5. The molecule has 0 aliphatic carbocycles. The quantitative estimate of drug-likeness (QED) is 0.110. The first-order valence-corrected chi connectivity index (χ1v) is 13.6. The Balaban J connectivity index is 1.74. The second kappa shape index (κ2) is 13.9. The average Bonchev–Trinajstić information content (AvgIpc) is 3.02. The van der Waals surface area contributed by atoms with Gasteiger partial charge in [-0.25, -0.2) is 9.78 Å². The van der Waals surface area contributed by atoms with Gasteiger partial charge >= 0.3 is 5.97 Å². The van der Waals surface area contributed by atoms with E-state index in [4.69, 9.17) is 20.6 Å². The molecular weight excluding hydrogens is 546 g/mol. The lowest BCUT2D eigenvalue weighted by Crippen LogP contribution is -2.27. The number of esters is 1. The van der Waals surface area contributed by atoms with E-state index in [0.29, 0.717) is 28.9 Å². The number of nitrogens with zero attached hydrogens (tertiary/aromatic N) is 1. The van der Waals surface area contributed by atoms with Gasteiger partial charge in [-0.15, -0.1) is 0 Å². The molecule has 220 valence electrons. The van der Waals surface area contributed by atoms with Crippen molar-refractivity contribution < 1.29 is 23.9 Å². The van der Waals surface area contributed by atoms with Crippen LogP contribution in [0.15, 0.2) is 84.9 Å². The molecule has 1 heterocycles. The molecule has 0 saturated carbocycles. The van der Waals surface area contributed by atoms with Gasteiger partial charge in [0, 0.05) is 35.0 Å². The number of hydrogen-bond acceptors (Lipinski definition) is 7. The number of nitrogen functional groups attached to an aromatic ring is 1. The van der Waals surface area contributed by atoms with Crippen LogP contribution in [-0.2, 0) is 11.3 Å². The van der Waals surface area contributed by atoms with Gasteiger partial charge in [0.1, 0.15) is 18.1 Å². The van der Waals surface area contributed by atoms with Crippen molar-refractivity contribution in [1.82, 2.24) is 10.3 Å². The van der Waals surface area contributed by atoms with Crippen LogP contribution in [0.5, 0.6) is 5.88 Å². The Morgan fingerprint density at radius 1 is 0.884 bits per heavy atom. The van der Waals surface area contributed by atoms with Crippen molar-refractivity contribution >= 4 is 29.3 Å². The molecule has 4 rings (SSSR count). The molecule has 10 heteroatoms. The molecule has 0 saturated heterocycles. The van der Waals surface area contributed by atoms with Crippen molar-refractivity contribution in [2.75, 3.05) is 19.0 Å². The highest BCUT2D eigenvalue weighted by Crippen LogP contribution is 2.30. The van der Waals surface area contributed by atoms with E-state index in [9.17, 15) is 14.4 Å².